The van der Waals surface area contributed by atoms with Crippen LogP contribution in [-0.4, -0.2) is 11.0 Å². The molecule has 0 fully saturated rings. The second kappa shape index (κ2) is 7.60. The Hall–Kier alpha value is -2.18. The molecule has 1 amide bonds. The fourth-order valence-electron chi connectivity index (χ4n) is 2.95. The number of halogens is 1. The Balaban J connectivity index is 1.95. The van der Waals surface area contributed by atoms with Crippen LogP contribution in [0.5, 0.6) is 0 Å². The maximum absolute atomic E-state index is 13.0. The predicted molar refractivity (Wildman–Crippen MR) is 113 cm³/mol. The molecule has 0 aliphatic carbocycles. The van der Waals surface area contributed by atoms with Gasteiger partial charge in [-0.15, -0.1) is 0 Å². The van der Waals surface area contributed by atoms with Crippen molar-refractivity contribution < 1.29 is 4.79 Å². The monoisotopic (exact) mass is 429 g/mol. The summed E-state index contributed by atoms with van der Waals surface area (Å²) >= 11 is 8.79. The predicted octanol–water partition coefficient (Wildman–Crippen LogP) is 4.50. The number of nitrogens with one attached hydrogen (secondary N) is 3. The first-order valence-corrected chi connectivity index (χ1v) is 9.47. The Bertz CT molecular complexity index is 923. The van der Waals surface area contributed by atoms with Crippen molar-refractivity contribution in [1.29, 1.82) is 0 Å². The molecule has 0 bridgehead atoms. The molecule has 1 heterocycles. The van der Waals surface area contributed by atoms with E-state index in [1.54, 1.807) is 0 Å². The highest BCUT2D eigenvalue weighted by molar-refractivity contribution is 9.10. The summed E-state index contributed by atoms with van der Waals surface area (Å²) in [5.41, 5.74) is 5.44. The van der Waals surface area contributed by atoms with Crippen molar-refractivity contribution in [3.63, 3.8) is 0 Å². The minimum atomic E-state index is -0.312. The van der Waals surface area contributed by atoms with Gasteiger partial charge in [0.15, 0.2) is 5.11 Å². The molecule has 134 valence electrons. The van der Waals surface area contributed by atoms with Crippen LogP contribution in [0.1, 0.15) is 29.7 Å². The zero-order valence-corrected chi connectivity index (χ0v) is 17.2. The van der Waals surface area contributed by atoms with Crippen LogP contribution in [0.3, 0.4) is 0 Å². The summed E-state index contributed by atoms with van der Waals surface area (Å²) in [7, 11) is 0. The van der Waals surface area contributed by atoms with Gasteiger partial charge >= 0.3 is 0 Å². The molecular weight excluding hydrogens is 410 g/mol. The van der Waals surface area contributed by atoms with E-state index in [0.717, 1.165) is 27.0 Å². The Morgan fingerprint density at radius 2 is 1.88 bits per heavy atom. The minimum Gasteiger partial charge on any atom is -0.351 e. The van der Waals surface area contributed by atoms with Crippen molar-refractivity contribution in [2.24, 2.45) is 0 Å². The molecule has 1 aliphatic rings. The largest absolute Gasteiger partial charge is 0.351 e. The van der Waals surface area contributed by atoms with E-state index >= 15 is 0 Å². The topological polar surface area (TPSA) is 53.2 Å². The van der Waals surface area contributed by atoms with Gasteiger partial charge in [-0.2, -0.15) is 0 Å². The van der Waals surface area contributed by atoms with Gasteiger partial charge in [0.05, 0.1) is 11.6 Å². The summed E-state index contributed by atoms with van der Waals surface area (Å²) in [5, 5.41) is 9.78. The minimum absolute atomic E-state index is 0.154. The molecule has 0 unspecified atom stereocenters. The highest BCUT2D eigenvalue weighted by Gasteiger charge is 2.30. The molecule has 0 saturated heterocycles. The van der Waals surface area contributed by atoms with Gasteiger partial charge in [0.25, 0.3) is 5.91 Å². The summed E-state index contributed by atoms with van der Waals surface area (Å²) in [4.78, 5) is 13.0. The van der Waals surface area contributed by atoms with E-state index in [-0.39, 0.29) is 11.9 Å². The van der Waals surface area contributed by atoms with Gasteiger partial charge in [0.2, 0.25) is 0 Å². The van der Waals surface area contributed by atoms with Gasteiger partial charge in [-0.3, -0.25) is 4.79 Å². The third-order valence-electron chi connectivity index (χ3n) is 4.46. The van der Waals surface area contributed by atoms with Gasteiger partial charge < -0.3 is 16.0 Å². The number of benzene rings is 2. The molecule has 4 nitrogen and oxygen atoms in total. The number of rotatable bonds is 3. The van der Waals surface area contributed by atoms with Crippen molar-refractivity contribution in [2.45, 2.75) is 26.8 Å². The van der Waals surface area contributed by atoms with Crippen LogP contribution in [0.2, 0.25) is 0 Å². The van der Waals surface area contributed by atoms with Gasteiger partial charge in [-0.05, 0) is 73.9 Å². The van der Waals surface area contributed by atoms with Crippen LogP contribution >= 0.6 is 28.1 Å². The highest BCUT2D eigenvalue weighted by atomic mass is 79.9. The van der Waals surface area contributed by atoms with Crippen molar-refractivity contribution in [1.82, 2.24) is 10.6 Å². The van der Waals surface area contributed by atoms with E-state index in [1.165, 1.54) is 5.56 Å². The third kappa shape index (κ3) is 3.97. The van der Waals surface area contributed by atoms with E-state index in [1.807, 2.05) is 63.2 Å². The lowest BCUT2D eigenvalue weighted by Crippen LogP contribution is -2.45. The molecule has 0 radical (unpaired) electrons. The number of aryl methyl sites for hydroxylation is 2. The lowest BCUT2D eigenvalue weighted by atomic mass is 9.95. The van der Waals surface area contributed by atoms with Gasteiger partial charge in [-0.1, -0.05) is 34.1 Å². The number of allylic oxidation sites excluding steroid dienone is 1. The Morgan fingerprint density at radius 3 is 2.58 bits per heavy atom. The second-order valence-electron chi connectivity index (χ2n) is 6.38. The van der Waals surface area contributed by atoms with Gasteiger partial charge in [0, 0.05) is 15.9 Å². The van der Waals surface area contributed by atoms with E-state index in [9.17, 15) is 4.79 Å². The molecule has 1 atom stereocenters. The molecule has 2 aromatic rings. The van der Waals surface area contributed by atoms with Crippen LogP contribution in [-0.2, 0) is 4.79 Å². The third-order valence-corrected chi connectivity index (χ3v) is 5.17. The number of carbonyl (C=O) groups is 1. The Labute approximate surface area is 167 Å². The molecule has 26 heavy (non-hydrogen) atoms. The maximum atomic E-state index is 13.0. The summed E-state index contributed by atoms with van der Waals surface area (Å²) in [5.74, 6) is -0.154. The summed E-state index contributed by atoms with van der Waals surface area (Å²) in [6, 6.07) is 13.5. The van der Waals surface area contributed by atoms with E-state index in [2.05, 4.69) is 31.9 Å². The first kappa shape index (κ1) is 18.6. The molecule has 1 aliphatic heterocycles. The number of anilines is 1. The number of hydrogen-bond donors (Lipinski definition) is 3. The van der Waals surface area contributed by atoms with Gasteiger partial charge in [-0.25, -0.2) is 0 Å². The smallest absolute Gasteiger partial charge is 0.255 e. The average Bonchev–Trinajstić information content (AvgIpc) is 2.57. The molecule has 3 N–H and O–H groups in total. The van der Waals surface area contributed by atoms with Crippen LogP contribution in [0.4, 0.5) is 5.69 Å². The normalized spacial score (nSPS) is 16.8. The zero-order chi connectivity index (χ0) is 18.8. The molecular formula is C20H20BrN3OS. The Morgan fingerprint density at radius 1 is 1.12 bits per heavy atom. The van der Waals surface area contributed by atoms with Crippen LogP contribution < -0.4 is 16.0 Å². The number of thiocarbonyl (C=S) groups is 1. The summed E-state index contributed by atoms with van der Waals surface area (Å²) in [6.45, 7) is 5.95. The summed E-state index contributed by atoms with van der Waals surface area (Å²) < 4.78 is 0.952. The van der Waals surface area contributed by atoms with E-state index in [4.69, 9.17) is 12.2 Å². The van der Waals surface area contributed by atoms with E-state index in [0.29, 0.717) is 10.7 Å². The highest BCUT2D eigenvalue weighted by Crippen LogP contribution is 2.29. The Kier molecular flexibility index (Phi) is 5.44. The molecule has 6 heteroatoms. The molecule has 0 spiro atoms. The SMILES string of the molecule is CC1=C(C(=O)Nc2ccc(C)c(C)c2)[C@@H](c2cccc(Br)c2)NC(=S)N1. The first-order valence-electron chi connectivity index (χ1n) is 8.27. The lowest BCUT2D eigenvalue weighted by Gasteiger charge is -2.30. The van der Waals surface area contributed by atoms with Crippen LogP contribution in [0.25, 0.3) is 0 Å². The second-order valence-corrected chi connectivity index (χ2v) is 7.70. The number of amides is 1. The van der Waals surface area contributed by atoms with Crippen LogP contribution in [0.15, 0.2) is 58.2 Å². The van der Waals surface area contributed by atoms with Crippen molar-refractivity contribution in [3.05, 3.63) is 74.9 Å². The number of hydrogen-bond acceptors (Lipinski definition) is 2. The van der Waals surface area contributed by atoms with Gasteiger partial charge in [0.1, 0.15) is 0 Å². The standard InChI is InChI=1S/C20H20BrN3OS/c1-11-7-8-16(9-12(11)2)23-19(25)17-13(3)22-20(26)24-18(17)14-5-4-6-15(21)10-14/h4-10,18H,1-3H3,(H,23,25)(H2,22,24,26)/t18-/m1/s1. The van der Waals surface area contributed by atoms with Crippen molar-refractivity contribution >= 4 is 44.9 Å². The van der Waals surface area contributed by atoms with E-state index < -0.39 is 0 Å². The molecule has 0 saturated carbocycles. The van der Waals surface area contributed by atoms with Crippen molar-refractivity contribution in [2.75, 3.05) is 5.32 Å². The lowest BCUT2D eigenvalue weighted by molar-refractivity contribution is -0.113. The average molecular weight is 430 g/mol. The fourth-order valence-corrected chi connectivity index (χ4v) is 3.64. The first-order chi connectivity index (χ1) is 12.3. The molecule has 2 aromatic carbocycles. The zero-order valence-electron chi connectivity index (χ0n) is 14.8. The fraction of sp³-hybridized carbons (Fsp3) is 0.200. The summed E-state index contributed by atoms with van der Waals surface area (Å²) in [6.07, 6.45) is 0. The molecule has 0 aromatic heterocycles. The maximum Gasteiger partial charge on any atom is 0.255 e. The van der Waals surface area contributed by atoms with Crippen LogP contribution in [0, 0.1) is 13.8 Å². The van der Waals surface area contributed by atoms with Crippen molar-refractivity contribution in [3.8, 4) is 0 Å². The molecule has 3 rings (SSSR count). The quantitative estimate of drug-likeness (QED) is 0.628. The number of carbonyl (C=O) groups excluding carboxylic acids is 1.